The summed E-state index contributed by atoms with van der Waals surface area (Å²) in [5.74, 6) is -1.74. The minimum Gasteiger partial charge on any atom is -0.462 e. The Bertz CT molecular complexity index is 1570. The number of carbonyl (C=O) groups is 3. The third-order valence-corrected chi connectivity index (χ3v) is 8.40. The highest BCUT2D eigenvalue weighted by atomic mass is 32.2. The number of carbonyl (C=O) groups excluding carboxylic acids is 3. The van der Waals surface area contributed by atoms with E-state index in [4.69, 9.17) is 9.47 Å². The molecular formula is C26H25N3O6S3. The van der Waals surface area contributed by atoms with Gasteiger partial charge in [0.1, 0.15) is 14.7 Å². The normalized spacial score (nSPS) is 10.9. The second-order valence-electron chi connectivity index (χ2n) is 8.10. The Hall–Kier alpha value is -3.48. The SMILES string of the molecule is CCOC(=O)c1sc(NC(=O)CSc2nc3scc(-c4ccc(C)cc4)c3c(=O)[nH]2)c(C(=O)OCC)c1C. The number of H-pyrrole nitrogens is 1. The Morgan fingerprint density at radius 2 is 1.74 bits per heavy atom. The molecule has 1 aromatic carbocycles. The summed E-state index contributed by atoms with van der Waals surface area (Å²) < 4.78 is 10.2. The highest BCUT2D eigenvalue weighted by Crippen LogP contribution is 2.35. The molecule has 0 aliphatic heterocycles. The highest BCUT2D eigenvalue weighted by molar-refractivity contribution is 7.99. The van der Waals surface area contributed by atoms with Crippen LogP contribution in [0.2, 0.25) is 0 Å². The van der Waals surface area contributed by atoms with E-state index in [0.29, 0.717) is 20.9 Å². The first-order chi connectivity index (χ1) is 18.2. The number of hydrogen-bond acceptors (Lipinski definition) is 10. The lowest BCUT2D eigenvalue weighted by Gasteiger charge is -2.07. The first-order valence-electron chi connectivity index (χ1n) is 11.7. The smallest absolute Gasteiger partial charge is 0.348 e. The number of aromatic nitrogens is 2. The second kappa shape index (κ2) is 11.9. The molecule has 0 radical (unpaired) electrons. The van der Waals surface area contributed by atoms with Gasteiger partial charge >= 0.3 is 11.9 Å². The van der Waals surface area contributed by atoms with Crippen molar-refractivity contribution < 1.29 is 23.9 Å². The van der Waals surface area contributed by atoms with Crippen molar-refractivity contribution in [3.8, 4) is 11.1 Å². The maximum absolute atomic E-state index is 12.9. The van der Waals surface area contributed by atoms with Crippen LogP contribution in [0.25, 0.3) is 21.3 Å². The van der Waals surface area contributed by atoms with Crippen LogP contribution in [-0.4, -0.2) is 46.8 Å². The number of aromatic amines is 1. The molecule has 4 rings (SSSR count). The maximum Gasteiger partial charge on any atom is 0.348 e. The molecule has 1 amide bonds. The number of thioether (sulfide) groups is 1. The van der Waals surface area contributed by atoms with Gasteiger partial charge in [-0.1, -0.05) is 41.6 Å². The molecule has 12 heteroatoms. The van der Waals surface area contributed by atoms with Crippen LogP contribution in [0.1, 0.15) is 45.0 Å². The number of rotatable bonds is 9. The minimum absolute atomic E-state index is 0.0847. The van der Waals surface area contributed by atoms with Gasteiger partial charge in [-0.25, -0.2) is 14.6 Å². The van der Waals surface area contributed by atoms with E-state index in [1.165, 1.54) is 11.3 Å². The molecule has 3 aromatic heterocycles. The van der Waals surface area contributed by atoms with E-state index >= 15 is 0 Å². The summed E-state index contributed by atoms with van der Waals surface area (Å²) in [7, 11) is 0. The summed E-state index contributed by atoms with van der Waals surface area (Å²) in [6, 6.07) is 7.91. The topological polar surface area (TPSA) is 127 Å². The van der Waals surface area contributed by atoms with Crippen molar-refractivity contribution >= 4 is 67.5 Å². The molecule has 2 N–H and O–H groups in total. The molecular weight excluding hydrogens is 547 g/mol. The van der Waals surface area contributed by atoms with Gasteiger partial charge in [-0.2, -0.15) is 0 Å². The largest absolute Gasteiger partial charge is 0.462 e. The Kier molecular flexibility index (Phi) is 8.65. The summed E-state index contributed by atoms with van der Waals surface area (Å²) in [6.45, 7) is 7.28. The highest BCUT2D eigenvalue weighted by Gasteiger charge is 2.27. The first-order valence-corrected chi connectivity index (χ1v) is 14.4. The number of anilines is 1. The van der Waals surface area contributed by atoms with Crippen LogP contribution in [0.5, 0.6) is 0 Å². The van der Waals surface area contributed by atoms with Crippen LogP contribution in [0.3, 0.4) is 0 Å². The minimum atomic E-state index is -0.640. The fraction of sp³-hybridized carbons (Fsp3) is 0.269. The average Bonchev–Trinajstić information content (AvgIpc) is 3.45. The summed E-state index contributed by atoms with van der Waals surface area (Å²) >= 11 is 3.37. The molecule has 0 fully saturated rings. The first kappa shape index (κ1) is 27.6. The number of ether oxygens (including phenoxy) is 2. The lowest BCUT2D eigenvalue weighted by molar-refractivity contribution is -0.113. The molecule has 0 atom stereocenters. The third-order valence-electron chi connectivity index (χ3n) is 5.46. The van der Waals surface area contributed by atoms with Crippen LogP contribution in [0.15, 0.2) is 39.6 Å². The summed E-state index contributed by atoms with van der Waals surface area (Å²) in [5, 5.41) is 5.60. The summed E-state index contributed by atoms with van der Waals surface area (Å²) in [4.78, 5) is 58.6. The zero-order chi connectivity index (χ0) is 27.4. The number of fused-ring (bicyclic) bond motifs is 1. The molecule has 0 aliphatic rings. The molecule has 0 aliphatic carbocycles. The lowest BCUT2D eigenvalue weighted by atomic mass is 10.1. The number of thiophene rings is 2. The molecule has 3 heterocycles. The van der Waals surface area contributed by atoms with Gasteiger partial charge in [0.15, 0.2) is 5.16 Å². The zero-order valence-corrected chi connectivity index (χ0v) is 23.6. The van der Waals surface area contributed by atoms with Crippen molar-refractivity contribution in [3.05, 3.63) is 61.6 Å². The van der Waals surface area contributed by atoms with E-state index in [0.717, 1.165) is 39.8 Å². The fourth-order valence-corrected chi connectivity index (χ4v) is 6.45. The fourth-order valence-electron chi connectivity index (χ4n) is 3.68. The van der Waals surface area contributed by atoms with Crippen LogP contribution in [0.4, 0.5) is 5.00 Å². The molecule has 0 saturated heterocycles. The molecule has 0 bridgehead atoms. The number of benzene rings is 1. The van der Waals surface area contributed by atoms with E-state index in [1.807, 2.05) is 36.6 Å². The zero-order valence-electron chi connectivity index (χ0n) is 21.1. The molecule has 9 nitrogen and oxygen atoms in total. The predicted molar refractivity (Wildman–Crippen MR) is 151 cm³/mol. The standard InChI is InChI=1S/C26H25N3O6S3/c1-5-34-24(32)18-14(4)20(25(33)35-6-2)38-23(18)27-17(30)12-37-26-28-21(31)19-16(11-36-22(19)29-26)15-9-7-13(3)8-10-15/h7-11H,5-6,12H2,1-4H3,(H,27,30)(H,28,29,31). The van der Waals surface area contributed by atoms with Crippen LogP contribution in [-0.2, 0) is 14.3 Å². The Morgan fingerprint density at radius 1 is 1.05 bits per heavy atom. The number of nitrogens with one attached hydrogen (secondary N) is 2. The Labute approximate surface area is 230 Å². The number of amides is 1. The molecule has 4 aromatic rings. The predicted octanol–water partition coefficient (Wildman–Crippen LogP) is 5.41. The van der Waals surface area contributed by atoms with Crippen molar-refractivity contribution in [1.82, 2.24) is 9.97 Å². The maximum atomic E-state index is 12.9. The van der Waals surface area contributed by atoms with Gasteiger partial charge in [0.05, 0.1) is 29.9 Å². The van der Waals surface area contributed by atoms with Gasteiger partial charge in [-0.15, -0.1) is 22.7 Å². The lowest BCUT2D eigenvalue weighted by Crippen LogP contribution is -2.17. The second-order valence-corrected chi connectivity index (χ2v) is 10.9. The monoisotopic (exact) mass is 571 g/mol. The number of esters is 2. The molecule has 38 heavy (non-hydrogen) atoms. The van der Waals surface area contributed by atoms with Crippen molar-refractivity contribution in [2.24, 2.45) is 0 Å². The van der Waals surface area contributed by atoms with E-state index in [2.05, 4.69) is 15.3 Å². The van der Waals surface area contributed by atoms with Crippen molar-refractivity contribution in [2.75, 3.05) is 24.3 Å². The quantitative estimate of drug-likeness (QED) is 0.155. The third kappa shape index (κ3) is 5.82. The average molecular weight is 572 g/mol. The number of aryl methyl sites for hydroxylation is 1. The van der Waals surface area contributed by atoms with E-state index < -0.39 is 17.8 Å². The van der Waals surface area contributed by atoms with Crippen molar-refractivity contribution in [2.45, 2.75) is 32.9 Å². The number of nitrogens with zero attached hydrogens (tertiary/aromatic N) is 1. The van der Waals surface area contributed by atoms with Crippen LogP contribution in [0, 0.1) is 13.8 Å². The van der Waals surface area contributed by atoms with Gasteiger partial charge in [-0.3, -0.25) is 9.59 Å². The number of hydrogen-bond donors (Lipinski definition) is 2. The molecule has 0 spiro atoms. The van der Waals surface area contributed by atoms with Crippen LogP contribution >= 0.6 is 34.4 Å². The molecule has 0 unspecified atom stereocenters. The van der Waals surface area contributed by atoms with Gasteiger partial charge < -0.3 is 19.8 Å². The summed E-state index contributed by atoms with van der Waals surface area (Å²) in [5.41, 5.74) is 3.08. The van der Waals surface area contributed by atoms with Gasteiger partial charge in [-0.05, 0) is 38.8 Å². The Balaban J connectivity index is 1.52. The summed E-state index contributed by atoms with van der Waals surface area (Å²) in [6.07, 6.45) is 0. The van der Waals surface area contributed by atoms with E-state index in [1.54, 1.807) is 20.8 Å². The van der Waals surface area contributed by atoms with Crippen LogP contribution < -0.4 is 10.9 Å². The van der Waals surface area contributed by atoms with E-state index in [9.17, 15) is 19.2 Å². The van der Waals surface area contributed by atoms with Gasteiger partial charge in [0, 0.05) is 10.9 Å². The van der Waals surface area contributed by atoms with E-state index in [-0.39, 0.29) is 40.0 Å². The van der Waals surface area contributed by atoms with Crippen molar-refractivity contribution in [1.29, 1.82) is 0 Å². The van der Waals surface area contributed by atoms with Crippen molar-refractivity contribution in [3.63, 3.8) is 0 Å². The Morgan fingerprint density at radius 3 is 2.42 bits per heavy atom. The molecule has 0 saturated carbocycles. The molecule has 198 valence electrons. The van der Waals surface area contributed by atoms with Gasteiger partial charge in [0.25, 0.3) is 5.56 Å². The van der Waals surface area contributed by atoms with Gasteiger partial charge in [0.2, 0.25) is 5.91 Å².